The van der Waals surface area contributed by atoms with Gasteiger partial charge in [-0.3, -0.25) is 9.48 Å². The van der Waals surface area contributed by atoms with Crippen molar-refractivity contribution in [3.63, 3.8) is 0 Å². The van der Waals surface area contributed by atoms with Gasteiger partial charge < -0.3 is 5.32 Å². The van der Waals surface area contributed by atoms with Crippen LogP contribution in [0.25, 0.3) is 27.8 Å². The summed E-state index contributed by atoms with van der Waals surface area (Å²) in [5.74, 6) is 5.66. The molecule has 0 spiro atoms. The number of pyridine rings is 1. The number of benzene rings is 2. The molecule has 196 valence electrons. The Bertz CT molecular complexity index is 1980. The van der Waals surface area contributed by atoms with Crippen LogP contribution in [-0.4, -0.2) is 35.3 Å². The standard InChI is InChI=1S/C31H24FN7O/c1-19(35-31(40)27-20(2)37-39-14-6-13-33-30(27)39)26-16-24-8-4-7-22(12-11-21-17-34-38(3)18-21)28(24)36-29(26)23-9-5-10-25(32)15-23/h4-10,13-19H,1-3H3,(H,35,40). The van der Waals surface area contributed by atoms with Gasteiger partial charge in [0.1, 0.15) is 11.4 Å². The number of nitrogens with zero attached hydrogens (tertiary/aromatic N) is 6. The first-order valence-corrected chi connectivity index (χ1v) is 12.7. The van der Waals surface area contributed by atoms with Gasteiger partial charge in [-0.1, -0.05) is 36.1 Å². The van der Waals surface area contributed by atoms with Gasteiger partial charge in [-0.15, -0.1) is 0 Å². The third-order valence-corrected chi connectivity index (χ3v) is 6.63. The number of carbonyl (C=O) groups excluding carboxylic acids is 1. The molecule has 1 unspecified atom stereocenters. The lowest BCUT2D eigenvalue weighted by Gasteiger charge is -2.19. The van der Waals surface area contributed by atoms with Crippen molar-refractivity contribution in [3.8, 4) is 23.1 Å². The first-order chi connectivity index (χ1) is 19.4. The van der Waals surface area contributed by atoms with E-state index in [0.29, 0.717) is 33.7 Å². The first kappa shape index (κ1) is 24.9. The SMILES string of the molecule is Cc1nn2cccnc2c1C(=O)NC(C)c1cc2cccc(C#Cc3cnn(C)c3)c2nc1-c1cccc(F)c1. The molecule has 0 bridgehead atoms. The lowest BCUT2D eigenvalue weighted by Crippen LogP contribution is -2.27. The van der Waals surface area contributed by atoms with Crippen LogP contribution in [0.15, 0.2) is 79.4 Å². The molecule has 0 fully saturated rings. The number of hydrogen-bond acceptors (Lipinski definition) is 5. The fourth-order valence-electron chi connectivity index (χ4n) is 4.75. The van der Waals surface area contributed by atoms with Crippen LogP contribution in [0.4, 0.5) is 4.39 Å². The Kier molecular flexibility index (Phi) is 6.28. The van der Waals surface area contributed by atoms with Crippen molar-refractivity contribution in [1.82, 2.24) is 34.7 Å². The predicted molar refractivity (Wildman–Crippen MR) is 150 cm³/mol. The van der Waals surface area contributed by atoms with Crippen LogP contribution >= 0.6 is 0 Å². The van der Waals surface area contributed by atoms with E-state index in [1.165, 1.54) is 12.1 Å². The highest BCUT2D eigenvalue weighted by Gasteiger charge is 2.23. The van der Waals surface area contributed by atoms with Gasteiger partial charge >= 0.3 is 0 Å². The summed E-state index contributed by atoms with van der Waals surface area (Å²) in [6.45, 7) is 3.65. The van der Waals surface area contributed by atoms with Crippen LogP contribution in [0.3, 0.4) is 0 Å². The maximum absolute atomic E-state index is 14.3. The van der Waals surface area contributed by atoms with E-state index in [1.54, 1.807) is 52.9 Å². The molecular formula is C31H24FN7O. The van der Waals surface area contributed by atoms with Gasteiger partial charge in [0.2, 0.25) is 0 Å². The zero-order chi connectivity index (χ0) is 27.8. The van der Waals surface area contributed by atoms with Crippen molar-refractivity contribution in [2.45, 2.75) is 19.9 Å². The van der Waals surface area contributed by atoms with E-state index < -0.39 is 6.04 Å². The maximum atomic E-state index is 14.3. The van der Waals surface area contributed by atoms with E-state index in [0.717, 1.165) is 22.1 Å². The fraction of sp³-hybridized carbons (Fsp3) is 0.129. The highest BCUT2D eigenvalue weighted by molar-refractivity contribution is 6.01. The lowest BCUT2D eigenvalue weighted by molar-refractivity contribution is 0.0941. The normalized spacial score (nSPS) is 11.8. The smallest absolute Gasteiger partial charge is 0.257 e. The fourth-order valence-corrected chi connectivity index (χ4v) is 4.75. The van der Waals surface area contributed by atoms with Gasteiger partial charge in [0.05, 0.1) is 40.3 Å². The summed E-state index contributed by atoms with van der Waals surface area (Å²) >= 11 is 0. The lowest BCUT2D eigenvalue weighted by atomic mass is 9.97. The summed E-state index contributed by atoms with van der Waals surface area (Å²) in [5.41, 5.74) is 5.55. The molecule has 6 aromatic rings. The Labute approximate surface area is 229 Å². The molecular weight excluding hydrogens is 505 g/mol. The molecule has 8 nitrogen and oxygen atoms in total. The number of nitrogens with one attached hydrogen (secondary N) is 1. The molecule has 2 aromatic carbocycles. The summed E-state index contributed by atoms with van der Waals surface area (Å²) in [6.07, 6.45) is 6.92. The molecule has 0 aliphatic rings. The molecule has 9 heteroatoms. The topological polar surface area (TPSA) is 90.0 Å². The number of aryl methyl sites for hydroxylation is 2. The second-order valence-corrected chi connectivity index (χ2v) is 9.51. The molecule has 0 aliphatic carbocycles. The molecule has 0 radical (unpaired) electrons. The third-order valence-electron chi connectivity index (χ3n) is 6.63. The van der Waals surface area contributed by atoms with Crippen LogP contribution in [0.2, 0.25) is 0 Å². The van der Waals surface area contributed by atoms with Crippen molar-refractivity contribution in [3.05, 3.63) is 113 Å². The van der Waals surface area contributed by atoms with Gasteiger partial charge in [-0.25, -0.2) is 18.9 Å². The average molecular weight is 530 g/mol. The third kappa shape index (κ3) is 4.67. The van der Waals surface area contributed by atoms with E-state index in [-0.39, 0.29) is 11.7 Å². The Morgan fingerprint density at radius 3 is 2.75 bits per heavy atom. The Morgan fingerprint density at radius 1 is 1.10 bits per heavy atom. The van der Waals surface area contributed by atoms with Crippen LogP contribution in [0.5, 0.6) is 0 Å². The van der Waals surface area contributed by atoms with Crippen molar-refractivity contribution in [2.24, 2.45) is 7.05 Å². The largest absolute Gasteiger partial charge is 0.345 e. The quantitative estimate of drug-likeness (QED) is 0.324. The van der Waals surface area contributed by atoms with Gasteiger partial charge in [0, 0.05) is 42.2 Å². The summed E-state index contributed by atoms with van der Waals surface area (Å²) < 4.78 is 17.6. The van der Waals surface area contributed by atoms with Crippen LogP contribution < -0.4 is 5.32 Å². The van der Waals surface area contributed by atoms with Crippen molar-refractivity contribution in [2.75, 3.05) is 0 Å². The molecule has 0 saturated carbocycles. The van der Waals surface area contributed by atoms with Crippen LogP contribution in [0.1, 0.15) is 45.7 Å². The zero-order valence-electron chi connectivity index (χ0n) is 22.1. The summed E-state index contributed by atoms with van der Waals surface area (Å²) in [6, 6.07) is 15.3. The number of para-hydroxylation sites is 1. The van der Waals surface area contributed by atoms with Gasteiger partial charge in [-0.2, -0.15) is 10.2 Å². The highest BCUT2D eigenvalue weighted by atomic mass is 19.1. The second-order valence-electron chi connectivity index (χ2n) is 9.51. The molecule has 6 rings (SSSR count). The number of aromatic nitrogens is 6. The Morgan fingerprint density at radius 2 is 1.95 bits per heavy atom. The average Bonchev–Trinajstić information content (AvgIpc) is 3.52. The Balaban J connectivity index is 1.45. The molecule has 1 N–H and O–H groups in total. The van der Waals surface area contributed by atoms with Gasteiger partial charge in [0.25, 0.3) is 5.91 Å². The summed E-state index contributed by atoms with van der Waals surface area (Å²) in [5, 5.41) is 12.5. The number of amides is 1. The number of fused-ring (bicyclic) bond motifs is 2. The van der Waals surface area contributed by atoms with E-state index in [4.69, 9.17) is 4.98 Å². The minimum absolute atomic E-state index is 0.305. The van der Waals surface area contributed by atoms with Gasteiger partial charge in [-0.05, 0) is 44.2 Å². The molecule has 4 heterocycles. The monoisotopic (exact) mass is 529 g/mol. The molecule has 0 saturated heterocycles. The molecule has 1 amide bonds. The van der Waals surface area contributed by atoms with Crippen LogP contribution in [0, 0.1) is 24.6 Å². The van der Waals surface area contributed by atoms with E-state index in [2.05, 4.69) is 32.3 Å². The van der Waals surface area contributed by atoms with E-state index in [1.807, 2.05) is 44.4 Å². The van der Waals surface area contributed by atoms with Crippen LogP contribution in [-0.2, 0) is 7.05 Å². The minimum Gasteiger partial charge on any atom is -0.345 e. The number of carbonyl (C=O) groups is 1. The second kappa shape index (κ2) is 10.1. The number of rotatable bonds is 4. The summed E-state index contributed by atoms with van der Waals surface area (Å²) in [7, 11) is 1.84. The van der Waals surface area contributed by atoms with Crippen molar-refractivity contribution < 1.29 is 9.18 Å². The minimum atomic E-state index is -0.467. The first-order valence-electron chi connectivity index (χ1n) is 12.7. The molecule has 0 aliphatic heterocycles. The predicted octanol–water partition coefficient (Wildman–Crippen LogP) is 5.02. The maximum Gasteiger partial charge on any atom is 0.257 e. The molecule has 4 aromatic heterocycles. The van der Waals surface area contributed by atoms with E-state index >= 15 is 0 Å². The summed E-state index contributed by atoms with van der Waals surface area (Å²) in [4.78, 5) is 22.8. The van der Waals surface area contributed by atoms with Crippen molar-refractivity contribution in [1.29, 1.82) is 0 Å². The molecule has 1 atom stereocenters. The molecule has 40 heavy (non-hydrogen) atoms. The Hall–Kier alpha value is -5.36. The number of halogens is 1. The van der Waals surface area contributed by atoms with Gasteiger partial charge in [0.15, 0.2) is 5.65 Å². The number of hydrogen-bond donors (Lipinski definition) is 1. The highest BCUT2D eigenvalue weighted by Crippen LogP contribution is 2.32. The van der Waals surface area contributed by atoms with Crippen molar-refractivity contribution >= 4 is 22.5 Å². The van der Waals surface area contributed by atoms with E-state index in [9.17, 15) is 9.18 Å². The zero-order valence-corrected chi connectivity index (χ0v) is 22.1.